The lowest BCUT2D eigenvalue weighted by atomic mass is 9.76. The quantitative estimate of drug-likeness (QED) is 0.859. The summed E-state index contributed by atoms with van der Waals surface area (Å²) in [4.78, 5) is 0.128. The van der Waals surface area contributed by atoms with Gasteiger partial charge in [0.2, 0.25) is 10.0 Å². The van der Waals surface area contributed by atoms with E-state index in [0.717, 1.165) is 25.7 Å². The van der Waals surface area contributed by atoms with E-state index in [1.165, 1.54) is 6.07 Å². The molecule has 1 aliphatic rings. The van der Waals surface area contributed by atoms with Crippen LogP contribution < -0.4 is 10.5 Å². The maximum absolute atomic E-state index is 12.4. The molecule has 1 aromatic heterocycles. The molecule has 7 heteroatoms. The third-order valence-corrected chi connectivity index (χ3v) is 6.24. The van der Waals surface area contributed by atoms with Crippen molar-refractivity contribution in [2.24, 2.45) is 11.1 Å². The van der Waals surface area contributed by atoms with Crippen molar-refractivity contribution in [2.75, 3.05) is 0 Å². The number of halogens is 1. The molecule has 1 fully saturated rings. The molecule has 5 nitrogen and oxygen atoms in total. The summed E-state index contributed by atoms with van der Waals surface area (Å²) in [5.41, 5.74) is 5.77. The first-order valence-electron chi connectivity index (χ1n) is 6.74. The smallest absolute Gasteiger partial charge is 0.245 e. The summed E-state index contributed by atoms with van der Waals surface area (Å²) in [5.74, 6) is 0.446. The molecule has 0 unspecified atom stereocenters. The largest absolute Gasteiger partial charge is 0.452 e. The minimum atomic E-state index is -3.56. The Hall–Kier alpha value is -0.370. The Labute approximate surface area is 128 Å². The van der Waals surface area contributed by atoms with Crippen molar-refractivity contribution in [3.05, 3.63) is 16.5 Å². The van der Waals surface area contributed by atoms with E-state index >= 15 is 0 Å². The molecule has 114 valence electrons. The number of sulfonamides is 1. The Balaban J connectivity index is 2.10. The fourth-order valence-corrected chi connectivity index (χ4v) is 4.78. The molecular formula is C13H21BrN2O3S. The Bertz CT molecular complexity index is 570. The zero-order chi connectivity index (χ0) is 15.0. The van der Waals surface area contributed by atoms with Crippen LogP contribution in [0.5, 0.6) is 0 Å². The van der Waals surface area contributed by atoms with Gasteiger partial charge in [-0.1, -0.05) is 13.8 Å². The lowest BCUT2D eigenvalue weighted by Gasteiger charge is -2.34. The molecule has 0 spiro atoms. The van der Waals surface area contributed by atoms with E-state index in [2.05, 4.69) is 34.5 Å². The molecule has 2 rings (SSSR count). The molecule has 0 aliphatic heterocycles. The molecule has 0 atom stereocenters. The number of hydrogen-bond donors (Lipinski definition) is 2. The lowest BCUT2D eigenvalue weighted by Crippen LogP contribution is -2.39. The second-order valence-corrected chi connectivity index (χ2v) is 8.52. The predicted octanol–water partition coefficient (Wildman–Crippen LogP) is 2.75. The van der Waals surface area contributed by atoms with Gasteiger partial charge in [-0.2, -0.15) is 0 Å². The van der Waals surface area contributed by atoms with Gasteiger partial charge in [0.25, 0.3) is 0 Å². The van der Waals surface area contributed by atoms with Gasteiger partial charge in [-0.05, 0) is 47.0 Å². The molecule has 0 radical (unpaired) electrons. The highest BCUT2D eigenvalue weighted by Gasteiger charge is 2.31. The van der Waals surface area contributed by atoms with Crippen LogP contribution in [0.4, 0.5) is 0 Å². The van der Waals surface area contributed by atoms with Crippen molar-refractivity contribution >= 4 is 26.0 Å². The molecular weight excluding hydrogens is 344 g/mol. The van der Waals surface area contributed by atoms with E-state index in [0.29, 0.717) is 11.2 Å². The van der Waals surface area contributed by atoms with Gasteiger partial charge in [0.15, 0.2) is 4.67 Å². The molecule has 3 N–H and O–H groups in total. The van der Waals surface area contributed by atoms with Crippen LogP contribution in [0, 0.1) is 5.41 Å². The maximum atomic E-state index is 12.4. The summed E-state index contributed by atoms with van der Waals surface area (Å²) < 4.78 is 33.0. The van der Waals surface area contributed by atoms with Gasteiger partial charge in [-0.25, -0.2) is 13.1 Å². The Morgan fingerprint density at radius 3 is 2.55 bits per heavy atom. The SMILES string of the molecule is CC1(C)CCC(NS(=O)(=O)c2cc(CN)oc2Br)CC1. The van der Waals surface area contributed by atoms with Crippen LogP contribution in [0.1, 0.15) is 45.3 Å². The Morgan fingerprint density at radius 2 is 2.05 bits per heavy atom. The number of hydrogen-bond acceptors (Lipinski definition) is 4. The first kappa shape index (κ1) is 16.0. The van der Waals surface area contributed by atoms with Gasteiger partial charge in [0.1, 0.15) is 10.7 Å². The molecule has 0 saturated heterocycles. The highest BCUT2D eigenvalue weighted by atomic mass is 79.9. The van der Waals surface area contributed by atoms with Crippen LogP contribution in [0.25, 0.3) is 0 Å². The summed E-state index contributed by atoms with van der Waals surface area (Å²) in [7, 11) is -3.56. The molecule has 0 amide bonds. The zero-order valence-corrected chi connectivity index (χ0v) is 14.2. The Kier molecular flexibility index (Phi) is 4.63. The number of nitrogens with two attached hydrogens (primary N) is 1. The first-order chi connectivity index (χ1) is 9.23. The summed E-state index contributed by atoms with van der Waals surface area (Å²) in [6.45, 7) is 4.61. The van der Waals surface area contributed by atoms with Crippen molar-refractivity contribution in [1.82, 2.24) is 4.72 Å². The van der Waals surface area contributed by atoms with Gasteiger partial charge < -0.3 is 10.2 Å². The van der Waals surface area contributed by atoms with Gasteiger partial charge >= 0.3 is 0 Å². The summed E-state index contributed by atoms with van der Waals surface area (Å²) in [5, 5.41) is 0. The monoisotopic (exact) mass is 364 g/mol. The van der Waals surface area contributed by atoms with Crippen molar-refractivity contribution < 1.29 is 12.8 Å². The normalized spacial score (nSPS) is 20.2. The molecule has 0 aromatic carbocycles. The van der Waals surface area contributed by atoms with Crippen LogP contribution >= 0.6 is 15.9 Å². The van der Waals surface area contributed by atoms with E-state index in [4.69, 9.17) is 10.2 Å². The molecule has 20 heavy (non-hydrogen) atoms. The number of rotatable bonds is 4. The van der Waals surface area contributed by atoms with Crippen molar-refractivity contribution in [2.45, 2.75) is 57.0 Å². The van der Waals surface area contributed by atoms with E-state index in [-0.39, 0.29) is 22.2 Å². The van der Waals surface area contributed by atoms with E-state index in [9.17, 15) is 8.42 Å². The van der Waals surface area contributed by atoms with Gasteiger partial charge in [-0.15, -0.1) is 0 Å². The second kappa shape index (κ2) is 5.79. The number of nitrogens with one attached hydrogen (secondary N) is 1. The average molecular weight is 365 g/mol. The van der Waals surface area contributed by atoms with E-state index in [1.54, 1.807) is 0 Å². The lowest BCUT2D eigenvalue weighted by molar-refractivity contribution is 0.218. The molecule has 1 heterocycles. The van der Waals surface area contributed by atoms with Crippen molar-refractivity contribution in [3.63, 3.8) is 0 Å². The zero-order valence-electron chi connectivity index (χ0n) is 11.8. The summed E-state index contributed by atoms with van der Waals surface area (Å²) >= 11 is 3.14. The molecule has 1 aliphatic carbocycles. The van der Waals surface area contributed by atoms with Crippen LogP contribution in [-0.2, 0) is 16.6 Å². The fraction of sp³-hybridized carbons (Fsp3) is 0.692. The van der Waals surface area contributed by atoms with Crippen LogP contribution in [0.2, 0.25) is 0 Å². The van der Waals surface area contributed by atoms with Crippen LogP contribution in [0.3, 0.4) is 0 Å². The summed E-state index contributed by atoms with van der Waals surface area (Å²) in [6.07, 6.45) is 3.79. The van der Waals surface area contributed by atoms with Crippen molar-refractivity contribution in [3.8, 4) is 0 Å². The predicted molar refractivity (Wildman–Crippen MR) is 80.7 cm³/mol. The average Bonchev–Trinajstić information content (AvgIpc) is 2.74. The standard InChI is InChI=1S/C13H21BrN2O3S/c1-13(2)5-3-9(4-6-13)16-20(17,18)11-7-10(8-15)19-12(11)14/h7,9,16H,3-6,8,15H2,1-2H3. The van der Waals surface area contributed by atoms with Gasteiger partial charge in [-0.3, -0.25) is 0 Å². The fourth-order valence-electron chi connectivity index (χ4n) is 2.48. The maximum Gasteiger partial charge on any atom is 0.245 e. The third kappa shape index (κ3) is 3.63. The van der Waals surface area contributed by atoms with Crippen LogP contribution in [-0.4, -0.2) is 14.5 Å². The first-order valence-corrected chi connectivity index (χ1v) is 9.02. The summed E-state index contributed by atoms with van der Waals surface area (Å²) in [6, 6.07) is 1.47. The topological polar surface area (TPSA) is 85.3 Å². The highest BCUT2D eigenvalue weighted by Crippen LogP contribution is 2.36. The minimum absolute atomic E-state index is 0.00356. The van der Waals surface area contributed by atoms with Gasteiger partial charge in [0, 0.05) is 12.1 Å². The minimum Gasteiger partial charge on any atom is -0.452 e. The Morgan fingerprint density at radius 1 is 1.45 bits per heavy atom. The van der Waals surface area contributed by atoms with Crippen molar-refractivity contribution in [1.29, 1.82) is 0 Å². The highest BCUT2D eigenvalue weighted by molar-refractivity contribution is 9.10. The van der Waals surface area contributed by atoms with Crippen LogP contribution in [0.15, 0.2) is 20.0 Å². The molecule has 1 saturated carbocycles. The third-order valence-electron chi connectivity index (χ3n) is 3.86. The molecule has 0 bridgehead atoms. The molecule has 1 aromatic rings. The number of furan rings is 1. The second-order valence-electron chi connectivity index (χ2n) is 6.11. The van der Waals surface area contributed by atoms with E-state index in [1.807, 2.05) is 0 Å². The van der Waals surface area contributed by atoms with Gasteiger partial charge in [0.05, 0.1) is 6.54 Å². The van der Waals surface area contributed by atoms with E-state index < -0.39 is 10.0 Å².